The van der Waals surface area contributed by atoms with Crippen LogP contribution in [0.1, 0.15) is 25.8 Å². The van der Waals surface area contributed by atoms with E-state index in [1.807, 2.05) is 0 Å². The molecule has 2 aromatic carbocycles. The van der Waals surface area contributed by atoms with E-state index in [4.69, 9.17) is 4.74 Å². The van der Waals surface area contributed by atoms with Crippen molar-refractivity contribution in [3.8, 4) is 5.75 Å². The Hall–Kier alpha value is -2.87. The zero-order valence-corrected chi connectivity index (χ0v) is 17.5. The lowest BCUT2D eigenvalue weighted by Crippen LogP contribution is -2.26. The third-order valence-corrected chi connectivity index (χ3v) is 7.15. The Kier molecular flexibility index (Phi) is 5.93. The van der Waals surface area contributed by atoms with Crippen LogP contribution in [0.2, 0.25) is 0 Å². The van der Waals surface area contributed by atoms with E-state index in [0.717, 1.165) is 11.3 Å². The van der Waals surface area contributed by atoms with Gasteiger partial charge in [-0.1, -0.05) is 6.07 Å². The first kappa shape index (κ1) is 20.9. The largest absolute Gasteiger partial charge is 0.497 e. The number of hydrogen-bond acceptors (Lipinski definition) is 5. The van der Waals surface area contributed by atoms with Gasteiger partial charge in [0.05, 0.1) is 17.3 Å². The minimum absolute atomic E-state index is 0.0676. The van der Waals surface area contributed by atoms with Crippen LogP contribution < -0.4 is 15.0 Å². The highest BCUT2D eigenvalue weighted by atomic mass is 32.2. The summed E-state index contributed by atoms with van der Waals surface area (Å²) in [5.74, 6) is 0.140. The molecule has 2 amide bonds. The molecular weight excluding hydrogens is 392 g/mol. The SMILES string of the molecule is COc1cccc(NC(=O)C[C@H](C)S(=O)(=O)c2ccc3c(c2)CCN3C(C)=O)c1. The Morgan fingerprint density at radius 3 is 2.66 bits per heavy atom. The first-order valence-corrected chi connectivity index (χ1v) is 10.9. The molecule has 0 bridgehead atoms. The molecule has 29 heavy (non-hydrogen) atoms. The van der Waals surface area contributed by atoms with Crippen molar-refractivity contribution >= 4 is 33.0 Å². The second-order valence-electron chi connectivity index (χ2n) is 7.05. The summed E-state index contributed by atoms with van der Waals surface area (Å²) in [6, 6.07) is 11.7. The van der Waals surface area contributed by atoms with Crippen LogP contribution in [0.25, 0.3) is 0 Å². The van der Waals surface area contributed by atoms with Crippen molar-refractivity contribution < 1.29 is 22.7 Å². The lowest BCUT2D eigenvalue weighted by Gasteiger charge is -2.16. The maximum absolute atomic E-state index is 13.0. The number of fused-ring (bicyclic) bond motifs is 1. The Morgan fingerprint density at radius 2 is 1.97 bits per heavy atom. The number of carbonyl (C=O) groups excluding carboxylic acids is 2. The number of nitrogens with zero attached hydrogens (tertiary/aromatic N) is 1. The van der Waals surface area contributed by atoms with Crippen LogP contribution in [-0.2, 0) is 25.8 Å². The Bertz CT molecular complexity index is 1050. The van der Waals surface area contributed by atoms with Gasteiger partial charge in [-0.05, 0) is 49.2 Å². The van der Waals surface area contributed by atoms with Gasteiger partial charge in [-0.2, -0.15) is 0 Å². The van der Waals surface area contributed by atoms with Crippen LogP contribution in [0.5, 0.6) is 5.75 Å². The number of carbonyl (C=O) groups is 2. The number of anilines is 2. The Morgan fingerprint density at radius 1 is 1.21 bits per heavy atom. The van der Waals surface area contributed by atoms with Crippen LogP contribution in [0, 0.1) is 0 Å². The van der Waals surface area contributed by atoms with E-state index in [-0.39, 0.29) is 17.2 Å². The van der Waals surface area contributed by atoms with E-state index in [1.54, 1.807) is 41.3 Å². The third-order valence-electron chi connectivity index (χ3n) is 5.01. The van der Waals surface area contributed by atoms with Crippen LogP contribution in [0.3, 0.4) is 0 Å². The van der Waals surface area contributed by atoms with Crippen molar-refractivity contribution in [2.24, 2.45) is 0 Å². The highest BCUT2D eigenvalue weighted by Gasteiger charge is 2.29. The number of benzene rings is 2. The van der Waals surface area contributed by atoms with E-state index in [0.29, 0.717) is 24.4 Å². The highest BCUT2D eigenvalue weighted by molar-refractivity contribution is 7.92. The van der Waals surface area contributed by atoms with Crippen molar-refractivity contribution in [3.63, 3.8) is 0 Å². The second kappa shape index (κ2) is 8.24. The van der Waals surface area contributed by atoms with Crippen LogP contribution in [-0.4, -0.2) is 39.1 Å². The zero-order valence-electron chi connectivity index (χ0n) is 16.6. The molecule has 0 radical (unpaired) electrons. The number of rotatable bonds is 6. The molecule has 1 aliphatic rings. The first-order chi connectivity index (χ1) is 13.7. The van der Waals surface area contributed by atoms with Crippen LogP contribution in [0.15, 0.2) is 47.4 Å². The third kappa shape index (κ3) is 4.42. The van der Waals surface area contributed by atoms with Crippen molar-refractivity contribution in [1.29, 1.82) is 0 Å². The van der Waals surface area contributed by atoms with E-state index < -0.39 is 21.0 Å². The molecule has 2 aromatic rings. The van der Waals surface area contributed by atoms with E-state index in [2.05, 4.69) is 5.32 Å². The average Bonchev–Trinajstić information content (AvgIpc) is 3.11. The molecule has 0 saturated heterocycles. The lowest BCUT2D eigenvalue weighted by molar-refractivity contribution is -0.117. The van der Waals surface area contributed by atoms with Gasteiger partial charge < -0.3 is 15.0 Å². The van der Waals surface area contributed by atoms with Gasteiger partial charge in [0, 0.05) is 37.3 Å². The number of sulfone groups is 1. The summed E-state index contributed by atoms with van der Waals surface area (Å²) < 4.78 is 31.0. The molecule has 8 heteroatoms. The minimum Gasteiger partial charge on any atom is -0.497 e. The van der Waals surface area contributed by atoms with Gasteiger partial charge in [0.1, 0.15) is 5.75 Å². The summed E-state index contributed by atoms with van der Waals surface area (Å²) in [4.78, 5) is 25.8. The molecule has 7 nitrogen and oxygen atoms in total. The van der Waals surface area contributed by atoms with Gasteiger partial charge in [0.25, 0.3) is 0 Å². The van der Waals surface area contributed by atoms with Crippen molar-refractivity contribution in [3.05, 3.63) is 48.0 Å². The van der Waals surface area contributed by atoms with Gasteiger partial charge in [0.15, 0.2) is 9.84 Å². The standard InChI is InChI=1S/C21H24N2O5S/c1-14(11-21(25)22-17-5-4-6-18(13-17)28-3)29(26,27)19-7-8-20-16(12-19)9-10-23(20)15(2)24/h4-8,12-14H,9-11H2,1-3H3,(H,22,25)/t14-/m0/s1. The fourth-order valence-electron chi connectivity index (χ4n) is 3.40. The predicted octanol–water partition coefficient (Wildman–Crippen LogP) is 2.80. The molecule has 1 atom stereocenters. The van der Waals surface area contributed by atoms with Crippen molar-refractivity contribution in [2.75, 3.05) is 23.9 Å². The first-order valence-electron chi connectivity index (χ1n) is 9.31. The zero-order chi connectivity index (χ0) is 21.2. The summed E-state index contributed by atoms with van der Waals surface area (Å²) in [7, 11) is -2.16. The molecule has 1 heterocycles. The molecule has 1 aliphatic heterocycles. The number of ether oxygens (including phenoxy) is 1. The molecule has 3 rings (SSSR count). The fraction of sp³-hybridized carbons (Fsp3) is 0.333. The van der Waals surface area contributed by atoms with Crippen molar-refractivity contribution in [1.82, 2.24) is 0 Å². The topological polar surface area (TPSA) is 92.8 Å². The second-order valence-corrected chi connectivity index (χ2v) is 9.42. The van der Waals surface area contributed by atoms with E-state index in [9.17, 15) is 18.0 Å². The average molecular weight is 416 g/mol. The summed E-state index contributed by atoms with van der Waals surface area (Å²) >= 11 is 0. The van der Waals surface area contributed by atoms with E-state index >= 15 is 0 Å². The van der Waals surface area contributed by atoms with Crippen LogP contribution in [0.4, 0.5) is 11.4 Å². The van der Waals surface area contributed by atoms with Gasteiger partial charge in [-0.3, -0.25) is 9.59 Å². The quantitative estimate of drug-likeness (QED) is 0.782. The Balaban J connectivity index is 1.72. The number of methoxy groups -OCH3 is 1. The van der Waals surface area contributed by atoms with E-state index in [1.165, 1.54) is 27.0 Å². The summed E-state index contributed by atoms with van der Waals surface area (Å²) in [6.45, 7) is 3.56. The molecule has 0 unspecified atom stereocenters. The maximum atomic E-state index is 13.0. The molecule has 0 aromatic heterocycles. The summed E-state index contributed by atoms with van der Waals surface area (Å²) in [5.41, 5.74) is 2.12. The number of hydrogen-bond donors (Lipinski definition) is 1. The molecule has 0 aliphatic carbocycles. The molecule has 0 fully saturated rings. The smallest absolute Gasteiger partial charge is 0.225 e. The Labute approximate surface area is 170 Å². The fourth-order valence-corrected chi connectivity index (χ4v) is 4.80. The van der Waals surface area contributed by atoms with Gasteiger partial charge in [0.2, 0.25) is 11.8 Å². The highest BCUT2D eigenvalue weighted by Crippen LogP contribution is 2.31. The van der Waals surface area contributed by atoms with Gasteiger partial charge in [-0.15, -0.1) is 0 Å². The molecular formula is C21H24N2O5S. The van der Waals surface area contributed by atoms with Gasteiger partial charge in [-0.25, -0.2) is 8.42 Å². The minimum atomic E-state index is -3.69. The van der Waals surface area contributed by atoms with Gasteiger partial charge >= 0.3 is 0 Å². The van der Waals surface area contributed by atoms with Crippen LogP contribution >= 0.6 is 0 Å². The molecule has 154 valence electrons. The predicted molar refractivity (Wildman–Crippen MR) is 111 cm³/mol. The van der Waals surface area contributed by atoms with Crippen molar-refractivity contribution in [2.45, 2.75) is 36.8 Å². The summed E-state index contributed by atoms with van der Waals surface area (Å²) in [6.07, 6.45) is 0.444. The monoisotopic (exact) mass is 416 g/mol. The molecule has 1 N–H and O–H groups in total. The lowest BCUT2D eigenvalue weighted by atomic mass is 10.2. The summed E-state index contributed by atoms with van der Waals surface area (Å²) in [5, 5.41) is 1.81. The normalized spacial score (nSPS) is 14.2. The maximum Gasteiger partial charge on any atom is 0.225 e. The number of amides is 2. The number of nitrogens with one attached hydrogen (secondary N) is 1. The molecule has 0 spiro atoms. The molecule has 0 saturated carbocycles.